The van der Waals surface area contributed by atoms with E-state index >= 15 is 0 Å². The van der Waals surface area contributed by atoms with Gasteiger partial charge in [0, 0.05) is 5.75 Å². The number of hydrogen-bond donors (Lipinski definition) is 1. The number of thiazole rings is 1. The van der Waals surface area contributed by atoms with Gasteiger partial charge in [0.15, 0.2) is 5.13 Å². The summed E-state index contributed by atoms with van der Waals surface area (Å²) in [4.78, 5) is 16.4. The van der Waals surface area contributed by atoms with Gasteiger partial charge in [-0.2, -0.15) is 0 Å². The lowest BCUT2D eigenvalue weighted by molar-refractivity contribution is -0.113. The zero-order valence-electron chi connectivity index (χ0n) is 12.2. The lowest BCUT2D eigenvalue weighted by Crippen LogP contribution is -2.13. The summed E-state index contributed by atoms with van der Waals surface area (Å²) in [6.07, 6.45) is 0. The Hall–Kier alpha value is -1.85. The standard InChI is InChI=1S/C17H16N2OS2/c1-12-6-8-13(9-7-12)10-21-11-16(20)19-17-18-14-4-2-3-5-15(14)22-17/h2-9H,10-11H2,1H3,(H,18,19,20). The summed E-state index contributed by atoms with van der Waals surface area (Å²) in [5.74, 6) is 1.27. The highest BCUT2D eigenvalue weighted by Crippen LogP contribution is 2.25. The van der Waals surface area contributed by atoms with E-state index in [2.05, 4.69) is 41.5 Å². The van der Waals surface area contributed by atoms with Crippen molar-refractivity contribution >= 4 is 44.4 Å². The van der Waals surface area contributed by atoms with Crippen molar-refractivity contribution in [1.29, 1.82) is 0 Å². The second-order valence-corrected chi connectivity index (χ2v) is 7.03. The van der Waals surface area contributed by atoms with Crippen LogP contribution < -0.4 is 5.32 Å². The number of fused-ring (bicyclic) bond motifs is 1. The van der Waals surface area contributed by atoms with Gasteiger partial charge in [0.25, 0.3) is 0 Å². The number of aryl methyl sites for hydroxylation is 1. The number of rotatable bonds is 5. The van der Waals surface area contributed by atoms with Gasteiger partial charge in [-0.05, 0) is 24.6 Å². The Morgan fingerprint density at radius 1 is 1.18 bits per heavy atom. The van der Waals surface area contributed by atoms with Crippen LogP contribution in [0.3, 0.4) is 0 Å². The highest BCUT2D eigenvalue weighted by atomic mass is 32.2. The van der Waals surface area contributed by atoms with Crippen molar-refractivity contribution in [3.63, 3.8) is 0 Å². The summed E-state index contributed by atoms with van der Waals surface area (Å²) in [7, 11) is 0. The van der Waals surface area contributed by atoms with Crippen LogP contribution in [-0.4, -0.2) is 16.6 Å². The first-order valence-corrected chi connectivity index (χ1v) is 8.96. The van der Waals surface area contributed by atoms with Crippen molar-refractivity contribution in [3.8, 4) is 0 Å². The van der Waals surface area contributed by atoms with E-state index in [-0.39, 0.29) is 5.91 Å². The fourth-order valence-corrected chi connectivity index (χ4v) is 3.70. The number of para-hydroxylation sites is 1. The molecule has 0 saturated carbocycles. The van der Waals surface area contributed by atoms with Crippen molar-refractivity contribution < 1.29 is 4.79 Å². The Kier molecular flexibility index (Phi) is 4.75. The second kappa shape index (κ2) is 6.94. The molecule has 112 valence electrons. The SMILES string of the molecule is Cc1ccc(CSCC(=O)Nc2nc3ccccc3s2)cc1. The van der Waals surface area contributed by atoms with E-state index in [1.54, 1.807) is 11.8 Å². The van der Waals surface area contributed by atoms with Gasteiger partial charge in [0.2, 0.25) is 5.91 Å². The van der Waals surface area contributed by atoms with Gasteiger partial charge in [0.05, 0.1) is 16.0 Å². The zero-order chi connectivity index (χ0) is 15.4. The van der Waals surface area contributed by atoms with E-state index in [1.165, 1.54) is 22.5 Å². The topological polar surface area (TPSA) is 42.0 Å². The largest absolute Gasteiger partial charge is 0.301 e. The number of nitrogens with one attached hydrogen (secondary N) is 1. The fraction of sp³-hybridized carbons (Fsp3) is 0.176. The third kappa shape index (κ3) is 3.87. The van der Waals surface area contributed by atoms with E-state index in [0.29, 0.717) is 10.9 Å². The van der Waals surface area contributed by atoms with Gasteiger partial charge in [-0.15, -0.1) is 11.8 Å². The van der Waals surface area contributed by atoms with Crippen LogP contribution in [0, 0.1) is 6.92 Å². The van der Waals surface area contributed by atoms with Gasteiger partial charge in [-0.1, -0.05) is 53.3 Å². The number of carbonyl (C=O) groups is 1. The van der Waals surface area contributed by atoms with Crippen LogP contribution in [0.25, 0.3) is 10.2 Å². The number of thioether (sulfide) groups is 1. The lowest BCUT2D eigenvalue weighted by atomic mass is 10.2. The van der Waals surface area contributed by atoms with Crippen molar-refractivity contribution in [2.24, 2.45) is 0 Å². The maximum absolute atomic E-state index is 12.0. The minimum atomic E-state index is -0.00355. The summed E-state index contributed by atoms with van der Waals surface area (Å²) in [5.41, 5.74) is 3.42. The first-order valence-electron chi connectivity index (χ1n) is 6.99. The van der Waals surface area contributed by atoms with Gasteiger partial charge in [-0.3, -0.25) is 4.79 Å². The number of anilines is 1. The molecule has 3 rings (SSSR count). The molecule has 0 bridgehead atoms. The summed E-state index contributed by atoms with van der Waals surface area (Å²) < 4.78 is 1.09. The monoisotopic (exact) mass is 328 g/mol. The predicted molar refractivity (Wildman–Crippen MR) is 95.6 cm³/mol. The highest BCUT2D eigenvalue weighted by Gasteiger charge is 2.07. The summed E-state index contributed by atoms with van der Waals surface area (Å²) >= 11 is 3.12. The van der Waals surface area contributed by atoms with Crippen molar-refractivity contribution in [2.75, 3.05) is 11.1 Å². The number of aromatic nitrogens is 1. The van der Waals surface area contributed by atoms with E-state index < -0.39 is 0 Å². The molecule has 0 spiro atoms. The predicted octanol–water partition coefficient (Wildman–Crippen LogP) is 4.48. The summed E-state index contributed by atoms with van der Waals surface area (Å²) in [5, 5.41) is 3.54. The molecule has 0 fully saturated rings. The molecule has 1 aromatic heterocycles. The average molecular weight is 328 g/mol. The Morgan fingerprint density at radius 2 is 1.95 bits per heavy atom. The molecule has 0 aliphatic carbocycles. The molecule has 0 aliphatic rings. The third-order valence-corrected chi connectivity index (χ3v) is 5.12. The van der Waals surface area contributed by atoms with Gasteiger partial charge in [-0.25, -0.2) is 4.98 Å². The summed E-state index contributed by atoms with van der Waals surface area (Å²) in [6.45, 7) is 2.07. The molecule has 3 aromatic rings. The molecule has 2 aromatic carbocycles. The Labute approximate surface area is 137 Å². The minimum absolute atomic E-state index is 0.00355. The smallest absolute Gasteiger partial charge is 0.236 e. The summed E-state index contributed by atoms with van der Waals surface area (Å²) in [6, 6.07) is 16.3. The molecule has 0 radical (unpaired) electrons. The maximum atomic E-state index is 12.0. The van der Waals surface area contributed by atoms with E-state index in [0.717, 1.165) is 16.0 Å². The number of benzene rings is 2. The Bertz CT molecular complexity index is 748. The molecule has 0 unspecified atom stereocenters. The van der Waals surface area contributed by atoms with Crippen LogP contribution in [-0.2, 0) is 10.5 Å². The van der Waals surface area contributed by atoms with E-state index in [4.69, 9.17) is 0 Å². The van der Waals surface area contributed by atoms with Crippen LogP contribution in [0.2, 0.25) is 0 Å². The molecule has 0 atom stereocenters. The average Bonchev–Trinajstić information content (AvgIpc) is 2.91. The fourth-order valence-electron chi connectivity index (χ4n) is 2.03. The first-order chi connectivity index (χ1) is 10.7. The molecule has 1 amide bonds. The number of amides is 1. The molecule has 5 heteroatoms. The van der Waals surface area contributed by atoms with Gasteiger partial charge < -0.3 is 5.32 Å². The highest BCUT2D eigenvalue weighted by molar-refractivity contribution is 7.99. The van der Waals surface area contributed by atoms with Crippen LogP contribution >= 0.6 is 23.1 Å². The van der Waals surface area contributed by atoms with Gasteiger partial charge in [0.1, 0.15) is 0 Å². The number of carbonyl (C=O) groups excluding carboxylic acids is 1. The number of hydrogen-bond acceptors (Lipinski definition) is 4. The van der Waals surface area contributed by atoms with Crippen molar-refractivity contribution in [2.45, 2.75) is 12.7 Å². The second-order valence-electron chi connectivity index (χ2n) is 5.01. The normalized spacial score (nSPS) is 10.8. The Morgan fingerprint density at radius 3 is 2.73 bits per heavy atom. The molecule has 0 aliphatic heterocycles. The minimum Gasteiger partial charge on any atom is -0.301 e. The van der Waals surface area contributed by atoms with Crippen molar-refractivity contribution in [1.82, 2.24) is 4.98 Å². The van der Waals surface area contributed by atoms with Crippen LogP contribution in [0.15, 0.2) is 48.5 Å². The number of nitrogens with zero attached hydrogens (tertiary/aromatic N) is 1. The molecule has 22 heavy (non-hydrogen) atoms. The zero-order valence-corrected chi connectivity index (χ0v) is 13.8. The van der Waals surface area contributed by atoms with E-state index in [9.17, 15) is 4.79 Å². The molecular weight excluding hydrogens is 312 g/mol. The quantitative estimate of drug-likeness (QED) is 0.751. The maximum Gasteiger partial charge on any atom is 0.236 e. The van der Waals surface area contributed by atoms with Crippen LogP contribution in [0.5, 0.6) is 0 Å². The first kappa shape index (κ1) is 15.1. The molecule has 3 nitrogen and oxygen atoms in total. The molecule has 0 saturated heterocycles. The molecule has 1 N–H and O–H groups in total. The van der Waals surface area contributed by atoms with Gasteiger partial charge >= 0.3 is 0 Å². The Balaban J connectivity index is 1.50. The third-order valence-electron chi connectivity index (χ3n) is 3.16. The van der Waals surface area contributed by atoms with Crippen molar-refractivity contribution in [3.05, 3.63) is 59.7 Å². The molecule has 1 heterocycles. The molecular formula is C17H16N2OS2. The van der Waals surface area contributed by atoms with Crippen LogP contribution in [0.4, 0.5) is 5.13 Å². The van der Waals surface area contributed by atoms with E-state index in [1.807, 2.05) is 24.3 Å². The lowest BCUT2D eigenvalue weighted by Gasteiger charge is -2.03. The van der Waals surface area contributed by atoms with Crippen LogP contribution in [0.1, 0.15) is 11.1 Å².